The van der Waals surface area contributed by atoms with E-state index in [-0.39, 0.29) is 11.7 Å². The zero-order chi connectivity index (χ0) is 12.8. The van der Waals surface area contributed by atoms with E-state index in [9.17, 15) is 9.90 Å². The SMILES string of the molecule is Cc1ccccc1C1=C(O)C2(CCSC2)NC1=O. The van der Waals surface area contributed by atoms with Gasteiger partial charge in [-0.05, 0) is 30.2 Å². The molecule has 1 aromatic rings. The number of amides is 1. The van der Waals surface area contributed by atoms with Gasteiger partial charge in [0.15, 0.2) is 0 Å². The van der Waals surface area contributed by atoms with Crippen LogP contribution in [0.5, 0.6) is 0 Å². The largest absolute Gasteiger partial charge is 0.509 e. The van der Waals surface area contributed by atoms with Gasteiger partial charge in [-0.2, -0.15) is 11.8 Å². The molecule has 18 heavy (non-hydrogen) atoms. The Labute approximate surface area is 110 Å². The van der Waals surface area contributed by atoms with Crippen LogP contribution in [0.1, 0.15) is 17.5 Å². The molecule has 2 heterocycles. The zero-order valence-corrected chi connectivity index (χ0v) is 11.0. The van der Waals surface area contributed by atoms with Crippen LogP contribution in [0, 0.1) is 6.92 Å². The second-order valence-corrected chi connectivity index (χ2v) is 5.98. The van der Waals surface area contributed by atoms with E-state index in [1.54, 1.807) is 11.8 Å². The van der Waals surface area contributed by atoms with Gasteiger partial charge in [0.1, 0.15) is 11.3 Å². The van der Waals surface area contributed by atoms with Crippen LogP contribution in [-0.4, -0.2) is 28.1 Å². The van der Waals surface area contributed by atoms with Gasteiger partial charge in [0, 0.05) is 5.75 Å². The summed E-state index contributed by atoms with van der Waals surface area (Å²) in [6.07, 6.45) is 0.810. The predicted octanol–water partition coefficient (Wildman–Crippen LogP) is 2.27. The summed E-state index contributed by atoms with van der Waals surface area (Å²) in [6, 6.07) is 7.67. The number of rotatable bonds is 1. The average Bonchev–Trinajstić information content (AvgIpc) is 2.89. The first-order valence-electron chi connectivity index (χ1n) is 6.04. The van der Waals surface area contributed by atoms with Gasteiger partial charge in [-0.1, -0.05) is 24.3 Å². The molecule has 1 atom stereocenters. The van der Waals surface area contributed by atoms with Gasteiger partial charge in [0.05, 0.1) is 5.57 Å². The molecule has 1 fully saturated rings. The summed E-state index contributed by atoms with van der Waals surface area (Å²) in [4.78, 5) is 12.2. The molecule has 1 amide bonds. The van der Waals surface area contributed by atoms with Crippen LogP contribution in [0.25, 0.3) is 5.57 Å². The number of benzene rings is 1. The Morgan fingerprint density at radius 3 is 2.83 bits per heavy atom. The lowest BCUT2D eigenvalue weighted by atomic mass is 9.93. The number of carbonyl (C=O) groups is 1. The maximum absolute atomic E-state index is 12.2. The molecule has 1 aromatic carbocycles. The molecular weight excluding hydrogens is 246 g/mol. The van der Waals surface area contributed by atoms with E-state index in [4.69, 9.17) is 0 Å². The summed E-state index contributed by atoms with van der Waals surface area (Å²) in [5, 5.41) is 13.4. The molecule has 1 saturated heterocycles. The summed E-state index contributed by atoms with van der Waals surface area (Å²) in [5.74, 6) is 1.82. The van der Waals surface area contributed by atoms with Crippen molar-refractivity contribution in [1.29, 1.82) is 0 Å². The fourth-order valence-electron chi connectivity index (χ4n) is 2.64. The van der Waals surface area contributed by atoms with Crippen molar-refractivity contribution in [2.24, 2.45) is 0 Å². The lowest BCUT2D eigenvalue weighted by molar-refractivity contribution is -0.116. The third-order valence-corrected chi connectivity index (χ3v) is 4.90. The van der Waals surface area contributed by atoms with Crippen molar-refractivity contribution in [3.05, 3.63) is 41.2 Å². The molecular formula is C14H15NO2S. The van der Waals surface area contributed by atoms with E-state index in [2.05, 4.69) is 5.32 Å². The average molecular weight is 261 g/mol. The molecule has 0 aliphatic carbocycles. The molecule has 3 nitrogen and oxygen atoms in total. The lowest BCUT2D eigenvalue weighted by Gasteiger charge is -2.22. The van der Waals surface area contributed by atoms with Crippen molar-refractivity contribution in [3.63, 3.8) is 0 Å². The number of hydrogen-bond donors (Lipinski definition) is 2. The smallest absolute Gasteiger partial charge is 0.256 e. The van der Waals surface area contributed by atoms with Crippen molar-refractivity contribution < 1.29 is 9.90 Å². The molecule has 2 aliphatic heterocycles. The van der Waals surface area contributed by atoms with Crippen LogP contribution in [0.2, 0.25) is 0 Å². The summed E-state index contributed by atoms with van der Waals surface area (Å²) in [6.45, 7) is 1.96. The number of thioether (sulfide) groups is 1. The molecule has 2 N–H and O–H groups in total. The molecule has 0 aromatic heterocycles. The van der Waals surface area contributed by atoms with Crippen molar-refractivity contribution >= 4 is 23.2 Å². The minimum atomic E-state index is -0.515. The summed E-state index contributed by atoms with van der Waals surface area (Å²) in [5.41, 5.74) is 1.79. The summed E-state index contributed by atoms with van der Waals surface area (Å²) in [7, 11) is 0. The Balaban J connectivity index is 2.13. The van der Waals surface area contributed by atoms with Gasteiger partial charge in [-0.15, -0.1) is 0 Å². The molecule has 1 spiro atoms. The van der Waals surface area contributed by atoms with Crippen LogP contribution in [0.4, 0.5) is 0 Å². The quantitative estimate of drug-likeness (QED) is 0.815. The Morgan fingerprint density at radius 1 is 1.39 bits per heavy atom. The molecule has 0 radical (unpaired) electrons. The van der Waals surface area contributed by atoms with Crippen molar-refractivity contribution in [2.45, 2.75) is 18.9 Å². The summed E-state index contributed by atoms with van der Waals surface area (Å²) < 4.78 is 0. The van der Waals surface area contributed by atoms with E-state index in [0.717, 1.165) is 29.1 Å². The molecule has 3 rings (SSSR count). The van der Waals surface area contributed by atoms with Gasteiger partial charge in [0.2, 0.25) is 0 Å². The molecule has 0 saturated carbocycles. The van der Waals surface area contributed by atoms with Gasteiger partial charge in [0.25, 0.3) is 5.91 Å². The monoisotopic (exact) mass is 261 g/mol. The number of aliphatic hydroxyl groups is 1. The number of nitrogens with one attached hydrogen (secondary N) is 1. The fourth-order valence-corrected chi connectivity index (χ4v) is 3.98. The van der Waals surface area contributed by atoms with Crippen LogP contribution in [0.3, 0.4) is 0 Å². The topological polar surface area (TPSA) is 49.3 Å². The normalized spacial score (nSPS) is 27.1. The Morgan fingerprint density at radius 2 is 2.17 bits per heavy atom. The lowest BCUT2D eigenvalue weighted by Crippen LogP contribution is -2.44. The van der Waals surface area contributed by atoms with Crippen molar-refractivity contribution in [2.75, 3.05) is 11.5 Å². The van der Waals surface area contributed by atoms with Crippen LogP contribution >= 0.6 is 11.8 Å². The number of aliphatic hydroxyl groups excluding tert-OH is 1. The first-order chi connectivity index (χ1) is 8.64. The van der Waals surface area contributed by atoms with Gasteiger partial charge < -0.3 is 10.4 Å². The van der Waals surface area contributed by atoms with Crippen LogP contribution < -0.4 is 5.32 Å². The minimum absolute atomic E-state index is 0.149. The minimum Gasteiger partial charge on any atom is -0.509 e. The van der Waals surface area contributed by atoms with Gasteiger partial charge in [-0.25, -0.2) is 0 Å². The Kier molecular flexibility index (Phi) is 2.63. The third-order valence-electron chi connectivity index (χ3n) is 3.71. The highest BCUT2D eigenvalue weighted by atomic mass is 32.2. The van der Waals surface area contributed by atoms with Crippen LogP contribution in [0.15, 0.2) is 30.0 Å². The number of aryl methyl sites for hydroxylation is 1. The molecule has 0 bridgehead atoms. The van der Waals surface area contributed by atoms with Gasteiger partial charge in [-0.3, -0.25) is 4.79 Å². The second-order valence-electron chi connectivity index (χ2n) is 4.88. The van der Waals surface area contributed by atoms with E-state index in [0.29, 0.717) is 5.57 Å². The van der Waals surface area contributed by atoms with Crippen molar-refractivity contribution in [3.8, 4) is 0 Å². The molecule has 4 heteroatoms. The van der Waals surface area contributed by atoms with Crippen LogP contribution in [-0.2, 0) is 4.79 Å². The van der Waals surface area contributed by atoms with E-state index < -0.39 is 5.54 Å². The van der Waals surface area contributed by atoms with E-state index in [1.165, 1.54) is 0 Å². The Hall–Kier alpha value is -1.42. The fraction of sp³-hybridized carbons (Fsp3) is 0.357. The van der Waals surface area contributed by atoms with E-state index >= 15 is 0 Å². The van der Waals surface area contributed by atoms with Crippen molar-refractivity contribution in [1.82, 2.24) is 5.32 Å². The Bertz CT molecular complexity index is 544. The highest BCUT2D eigenvalue weighted by molar-refractivity contribution is 7.99. The number of hydrogen-bond acceptors (Lipinski definition) is 3. The first-order valence-corrected chi connectivity index (χ1v) is 7.19. The molecule has 2 aliphatic rings. The molecule has 1 unspecified atom stereocenters. The maximum Gasteiger partial charge on any atom is 0.256 e. The first kappa shape index (κ1) is 11.7. The molecule has 94 valence electrons. The highest BCUT2D eigenvalue weighted by Gasteiger charge is 2.48. The summed E-state index contributed by atoms with van der Waals surface area (Å²) >= 11 is 1.77. The van der Waals surface area contributed by atoms with E-state index in [1.807, 2.05) is 31.2 Å². The zero-order valence-electron chi connectivity index (χ0n) is 10.2. The third kappa shape index (κ3) is 1.56. The number of carbonyl (C=O) groups excluding carboxylic acids is 1. The van der Waals surface area contributed by atoms with Gasteiger partial charge >= 0.3 is 0 Å². The second kappa shape index (κ2) is 4.05. The standard InChI is InChI=1S/C14H15NO2S/c1-9-4-2-3-5-10(9)11-12(16)14(15-13(11)17)6-7-18-8-14/h2-5,16H,6-8H2,1H3,(H,15,17). The predicted molar refractivity (Wildman–Crippen MR) is 73.5 cm³/mol. The maximum atomic E-state index is 12.2. The highest BCUT2D eigenvalue weighted by Crippen LogP contribution is 2.41.